The Morgan fingerprint density at radius 3 is 2.71 bits per heavy atom. The normalized spacial score (nSPS) is 11.9. The van der Waals surface area contributed by atoms with Crippen molar-refractivity contribution in [2.45, 2.75) is 19.4 Å². The Morgan fingerprint density at radius 1 is 1.53 bits per heavy atom. The van der Waals surface area contributed by atoms with Crippen molar-refractivity contribution in [2.75, 3.05) is 0 Å². The summed E-state index contributed by atoms with van der Waals surface area (Å²) < 4.78 is 13.7. The number of carbonyl (C=O) groups excluding carboxylic acids is 1. The van der Waals surface area contributed by atoms with E-state index in [-0.39, 0.29) is 10.6 Å². The average molecular weight is 260 g/mol. The molecule has 6 heteroatoms. The molecule has 0 heterocycles. The van der Waals surface area contributed by atoms with Gasteiger partial charge in [0.05, 0.1) is 17.5 Å². The summed E-state index contributed by atoms with van der Waals surface area (Å²) in [6.45, 7) is 1.23. The van der Waals surface area contributed by atoms with Crippen LogP contribution in [0.5, 0.6) is 0 Å². The van der Waals surface area contributed by atoms with E-state index in [0.29, 0.717) is 0 Å². The van der Waals surface area contributed by atoms with Crippen molar-refractivity contribution in [1.29, 1.82) is 0 Å². The van der Waals surface area contributed by atoms with Crippen LogP contribution >= 0.6 is 11.6 Å². The summed E-state index contributed by atoms with van der Waals surface area (Å²) in [7, 11) is 0. The predicted octanol–water partition coefficient (Wildman–Crippen LogP) is 2.13. The molecule has 0 bridgehead atoms. The van der Waals surface area contributed by atoms with Crippen LogP contribution in [0.1, 0.15) is 24.9 Å². The Balaban J connectivity index is 3.07. The third-order valence-corrected chi connectivity index (χ3v) is 2.41. The number of hydrogen-bond donors (Lipinski definition) is 2. The smallest absolute Gasteiger partial charge is 0.305 e. The van der Waals surface area contributed by atoms with Gasteiger partial charge in [0.2, 0.25) is 5.91 Å². The van der Waals surface area contributed by atoms with Crippen LogP contribution in [-0.4, -0.2) is 17.0 Å². The molecule has 92 valence electrons. The molecule has 0 radical (unpaired) electrons. The first-order chi connectivity index (χ1) is 7.91. The van der Waals surface area contributed by atoms with Crippen molar-refractivity contribution in [2.24, 2.45) is 0 Å². The van der Waals surface area contributed by atoms with Crippen LogP contribution in [0.2, 0.25) is 5.02 Å². The van der Waals surface area contributed by atoms with Crippen molar-refractivity contribution in [1.82, 2.24) is 5.32 Å². The average Bonchev–Trinajstić information content (AvgIpc) is 2.19. The summed E-state index contributed by atoms with van der Waals surface area (Å²) in [6, 6.07) is 3.32. The zero-order chi connectivity index (χ0) is 13.0. The van der Waals surface area contributed by atoms with Crippen LogP contribution < -0.4 is 5.32 Å². The van der Waals surface area contributed by atoms with E-state index < -0.39 is 30.2 Å². The third kappa shape index (κ3) is 3.71. The molecule has 0 saturated carbocycles. The van der Waals surface area contributed by atoms with Gasteiger partial charge >= 0.3 is 5.97 Å². The monoisotopic (exact) mass is 259 g/mol. The first-order valence-electron chi connectivity index (χ1n) is 4.84. The van der Waals surface area contributed by atoms with Crippen molar-refractivity contribution >= 4 is 23.5 Å². The molecule has 0 saturated heterocycles. The Morgan fingerprint density at radius 2 is 2.18 bits per heavy atom. The van der Waals surface area contributed by atoms with E-state index >= 15 is 0 Å². The van der Waals surface area contributed by atoms with Gasteiger partial charge in [-0.15, -0.1) is 0 Å². The molecule has 0 fully saturated rings. The molecule has 2 N–H and O–H groups in total. The Kier molecular flexibility index (Phi) is 4.45. The first kappa shape index (κ1) is 13.4. The van der Waals surface area contributed by atoms with Crippen LogP contribution in [-0.2, 0) is 9.59 Å². The zero-order valence-electron chi connectivity index (χ0n) is 9.04. The lowest BCUT2D eigenvalue weighted by Gasteiger charge is -2.17. The van der Waals surface area contributed by atoms with Crippen LogP contribution in [0.25, 0.3) is 0 Å². The van der Waals surface area contributed by atoms with E-state index in [1.807, 2.05) is 0 Å². The highest BCUT2D eigenvalue weighted by molar-refractivity contribution is 6.30. The fourth-order valence-corrected chi connectivity index (χ4v) is 1.63. The molecule has 1 atom stereocenters. The molecule has 4 nitrogen and oxygen atoms in total. The second kappa shape index (κ2) is 5.63. The molecule has 0 aliphatic heterocycles. The van der Waals surface area contributed by atoms with Gasteiger partial charge in [0.15, 0.2) is 0 Å². The Bertz CT molecular complexity index is 434. The van der Waals surface area contributed by atoms with Gasteiger partial charge < -0.3 is 10.4 Å². The molecule has 1 rings (SSSR count). The highest BCUT2D eigenvalue weighted by atomic mass is 35.5. The first-order valence-corrected chi connectivity index (χ1v) is 5.22. The lowest BCUT2D eigenvalue weighted by molar-refractivity contribution is -0.137. The number of nitrogens with one attached hydrogen (secondary N) is 1. The molecular weight excluding hydrogens is 249 g/mol. The van der Waals surface area contributed by atoms with Gasteiger partial charge in [-0.25, -0.2) is 4.39 Å². The topological polar surface area (TPSA) is 66.4 Å². The number of carbonyl (C=O) groups is 2. The van der Waals surface area contributed by atoms with E-state index in [1.54, 1.807) is 0 Å². The number of carboxylic acids is 1. The summed E-state index contributed by atoms with van der Waals surface area (Å²) in [4.78, 5) is 21.6. The Hall–Kier alpha value is -1.62. The number of halogens is 2. The molecule has 0 aliphatic rings. The number of hydrogen-bond acceptors (Lipinski definition) is 2. The van der Waals surface area contributed by atoms with Crippen molar-refractivity contribution in [3.63, 3.8) is 0 Å². The van der Waals surface area contributed by atoms with E-state index in [4.69, 9.17) is 16.7 Å². The highest BCUT2D eigenvalue weighted by Crippen LogP contribution is 2.25. The fraction of sp³-hybridized carbons (Fsp3) is 0.273. The standard InChI is InChI=1S/C11H11ClFNO3/c1-6(15)14-9(5-10(16)17)7-3-2-4-8(12)11(7)13/h2-4,9H,5H2,1H3,(H,14,15)(H,16,17)/t9-/m0/s1. The molecule has 0 aliphatic carbocycles. The quantitative estimate of drug-likeness (QED) is 0.870. The largest absolute Gasteiger partial charge is 0.481 e. The number of rotatable bonds is 4. The van der Waals surface area contributed by atoms with Gasteiger partial charge in [0.1, 0.15) is 5.82 Å². The lowest BCUT2D eigenvalue weighted by atomic mass is 10.0. The molecule has 0 unspecified atom stereocenters. The van der Waals surface area contributed by atoms with Crippen molar-refractivity contribution in [3.05, 3.63) is 34.6 Å². The van der Waals surface area contributed by atoms with E-state index in [0.717, 1.165) is 0 Å². The third-order valence-electron chi connectivity index (χ3n) is 2.11. The predicted molar refractivity (Wildman–Crippen MR) is 60.2 cm³/mol. The second-order valence-electron chi connectivity index (χ2n) is 3.49. The van der Waals surface area contributed by atoms with E-state index in [1.165, 1.54) is 25.1 Å². The number of carboxylic acid groups (broad SMARTS) is 1. The summed E-state index contributed by atoms with van der Waals surface area (Å²) >= 11 is 5.60. The maximum Gasteiger partial charge on any atom is 0.305 e. The molecule has 1 aromatic rings. The molecule has 17 heavy (non-hydrogen) atoms. The molecular formula is C11H11ClFNO3. The number of amides is 1. The summed E-state index contributed by atoms with van der Waals surface area (Å²) in [6.07, 6.45) is -0.406. The van der Waals surface area contributed by atoms with Crippen LogP contribution in [0, 0.1) is 5.82 Å². The van der Waals surface area contributed by atoms with Crippen LogP contribution in [0.15, 0.2) is 18.2 Å². The van der Waals surface area contributed by atoms with Gasteiger partial charge in [-0.05, 0) is 6.07 Å². The van der Waals surface area contributed by atoms with Crippen molar-refractivity contribution in [3.8, 4) is 0 Å². The maximum atomic E-state index is 13.7. The molecule has 1 amide bonds. The lowest BCUT2D eigenvalue weighted by Crippen LogP contribution is -2.28. The van der Waals surface area contributed by atoms with Gasteiger partial charge in [-0.1, -0.05) is 23.7 Å². The molecule has 1 aromatic carbocycles. The minimum atomic E-state index is -1.14. The van der Waals surface area contributed by atoms with Crippen LogP contribution in [0.4, 0.5) is 4.39 Å². The number of benzene rings is 1. The fourth-order valence-electron chi connectivity index (χ4n) is 1.45. The summed E-state index contributed by atoms with van der Waals surface area (Å²) in [5, 5.41) is 11.0. The zero-order valence-corrected chi connectivity index (χ0v) is 9.79. The maximum absolute atomic E-state index is 13.7. The van der Waals surface area contributed by atoms with Crippen LogP contribution in [0.3, 0.4) is 0 Å². The SMILES string of the molecule is CC(=O)N[C@@H](CC(=O)O)c1cccc(Cl)c1F. The highest BCUT2D eigenvalue weighted by Gasteiger charge is 2.21. The van der Waals surface area contributed by atoms with Crippen molar-refractivity contribution < 1.29 is 19.1 Å². The summed E-state index contributed by atoms with van der Waals surface area (Å²) in [5.41, 5.74) is 0.0649. The van der Waals surface area contributed by atoms with Gasteiger partial charge in [0, 0.05) is 12.5 Å². The van der Waals surface area contributed by atoms with Gasteiger partial charge in [0.25, 0.3) is 0 Å². The minimum Gasteiger partial charge on any atom is -0.481 e. The molecule has 0 aromatic heterocycles. The molecule has 0 spiro atoms. The van der Waals surface area contributed by atoms with E-state index in [2.05, 4.69) is 5.32 Å². The van der Waals surface area contributed by atoms with E-state index in [9.17, 15) is 14.0 Å². The minimum absolute atomic E-state index is 0.0649. The number of aliphatic carboxylic acids is 1. The van der Waals surface area contributed by atoms with Gasteiger partial charge in [-0.3, -0.25) is 9.59 Å². The summed E-state index contributed by atoms with van der Waals surface area (Å²) in [5.74, 6) is -2.28. The second-order valence-corrected chi connectivity index (χ2v) is 3.90. The Labute approximate surface area is 102 Å². The van der Waals surface area contributed by atoms with Gasteiger partial charge in [-0.2, -0.15) is 0 Å².